The highest BCUT2D eigenvalue weighted by atomic mass is 32.2. The fourth-order valence-electron chi connectivity index (χ4n) is 2.19. The van der Waals surface area contributed by atoms with Crippen molar-refractivity contribution >= 4 is 15.8 Å². The Labute approximate surface area is 121 Å². The fourth-order valence-corrected chi connectivity index (χ4v) is 4.16. The Bertz CT molecular complexity index is 553. The molecular weight excluding hydrogens is 274 g/mol. The van der Waals surface area contributed by atoms with Crippen LogP contribution in [0, 0.1) is 5.92 Å². The molecule has 1 heterocycles. The lowest BCUT2D eigenvalue weighted by atomic mass is 10.2. The number of nitrogens with zero attached hydrogens (tertiary/aromatic N) is 2. The fraction of sp³-hybridized carbons (Fsp3) is 0.643. The first-order chi connectivity index (χ1) is 9.46. The Morgan fingerprint density at radius 1 is 1.45 bits per heavy atom. The van der Waals surface area contributed by atoms with E-state index in [0.717, 1.165) is 12.8 Å². The van der Waals surface area contributed by atoms with Crippen LogP contribution in [0.1, 0.15) is 33.6 Å². The van der Waals surface area contributed by atoms with Crippen LogP contribution in [0.3, 0.4) is 0 Å². The molecule has 1 saturated carbocycles. The predicted octanol–water partition coefficient (Wildman–Crippen LogP) is 2.32. The van der Waals surface area contributed by atoms with Crippen LogP contribution in [-0.2, 0) is 10.0 Å². The van der Waals surface area contributed by atoms with Crippen LogP contribution in [0.5, 0.6) is 0 Å². The number of rotatable bonds is 7. The molecule has 1 N–H and O–H groups in total. The third-order valence-corrected chi connectivity index (χ3v) is 5.15. The minimum Gasteiger partial charge on any atom is -0.369 e. The number of aromatic nitrogens is 1. The van der Waals surface area contributed by atoms with Crippen molar-refractivity contribution in [3.63, 3.8) is 0 Å². The van der Waals surface area contributed by atoms with Crippen molar-refractivity contribution in [3.8, 4) is 0 Å². The van der Waals surface area contributed by atoms with Gasteiger partial charge in [-0.15, -0.1) is 0 Å². The second-order valence-electron chi connectivity index (χ2n) is 5.58. The standard InChI is InChI=1S/C14H23N3O2S/c1-4-15-14-13(6-5-9-16-14)20(18,19)17(10-11(2)3)12-7-8-12/h5-6,9,11-12H,4,7-8,10H2,1-3H3,(H,15,16). The predicted molar refractivity (Wildman–Crippen MR) is 80.2 cm³/mol. The molecule has 1 aliphatic carbocycles. The molecule has 2 rings (SSSR count). The molecule has 0 bridgehead atoms. The minimum absolute atomic E-state index is 0.164. The van der Waals surface area contributed by atoms with Crippen molar-refractivity contribution in [1.29, 1.82) is 0 Å². The van der Waals surface area contributed by atoms with Crippen molar-refractivity contribution in [2.45, 2.75) is 44.6 Å². The summed E-state index contributed by atoms with van der Waals surface area (Å²) in [4.78, 5) is 4.45. The third-order valence-electron chi connectivity index (χ3n) is 3.20. The van der Waals surface area contributed by atoms with Gasteiger partial charge in [-0.1, -0.05) is 13.8 Å². The normalized spacial score (nSPS) is 15.8. The monoisotopic (exact) mass is 297 g/mol. The smallest absolute Gasteiger partial charge is 0.247 e. The van der Waals surface area contributed by atoms with Gasteiger partial charge in [0.15, 0.2) is 0 Å². The SMILES string of the molecule is CCNc1ncccc1S(=O)(=O)N(CC(C)C)C1CC1. The second-order valence-corrected chi connectivity index (χ2v) is 7.44. The summed E-state index contributed by atoms with van der Waals surface area (Å²) in [7, 11) is -3.48. The van der Waals surface area contributed by atoms with Gasteiger partial charge in [0.1, 0.15) is 10.7 Å². The third kappa shape index (κ3) is 3.30. The van der Waals surface area contributed by atoms with Crippen LogP contribution in [0.25, 0.3) is 0 Å². The van der Waals surface area contributed by atoms with Gasteiger partial charge >= 0.3 is 0 Å². The van der Waals surface area contributed by atoms with Gasteiger partial charge in [-0.2, -0.15) is 4.31 Å². The van der Waals surface area contributed by atoms with E-state index in [1.54, 1.807) is 22.6 Å². The Morgan fingerprint density at radius 2 is 2.15 bits per heavy atom. The van der Waals surface area contributed by atoms with Crippen LogP contribution in [0.2, 0.25) is 0 Å². The average Bonchev–Trinajstić information content (AvgIpc) is 3.20. The lowest BCUT2D eigenvalue weighted by Crippen LogP contribution is -2.36. The van der Waals surface area contributed by atoms with Crippen LogP contribution < -0.4 is 5.32 Å². The summed E-state index contributed by atoms with van der Waals surface area (Å²) < 4.78 is 27.4. The molecule has 1 fully saturated rings. The molecular formula is C14H23N3O2S. The van der Waals surface area contributed by atoms with E-state index in [2.05, 4.69) is 10.3 Å². The summed E-state index contributed by atoms with van der Waals surface area (Å²) in [5, 5.41) is 3.03. The second kappa shape index (κ2) is 6.10. The zero-order chi connectivity index (χ0) is 14.8. The van der Waals surface area contributed by atoms with E-state index in [1.807, 2.05) is 20.8 Å². The average molecular weight is 297 g/mol. The molecule has 0 unspecified atom stereocenters. The van der Waals surface area contributed by atoms with Crippen molar-refractivity contribution < 1.29 is 8.42 Å². The lowest BCUT2D eigenvalue weighted by Gasteiger charge is -2.24. The van der Waals surface area contributed by atoms with Crippen molar-refractivity contribution in [2.24, 2.45) is 5.92 Å². The van der Waals surface area contributed by atoms with Crippen LogP contribution in [0.4, 0.5) is 5.82 Å². The minimum atomic E-state index is -3.48. The van der Waals surface area contributed by atoms with Gasteiger partial charge in [0.25, 0.3) is 0 Å². The molecule has 0 radical (unpaired) electrons. The molecule has 0 amide bonds. The van der Waals surface area contributed by atoms with Crippen molar-refractivity contribution in [1.82, 2.24) is 9.29 Å². The van der Waals surface area contributed by atoms with Crippen LogP contribution >= 0.6 is 0 Å². The van der Waals surface area contributed by atoms with Crippen molar-refractivity contribution in [2.75, 3.05) is 18.4 Å². The Hall–Kier alpha value is -1.14. The number of anilines is 1. The van der Waals surface area contributed by atoms with Gasteiger partial charge in [0.2, 0.25) is 10.0 Å². The van der Waals surface area contributed by atoms with Crippen molar-refractivity contribution in [3.05, 3.63) is 18.3 Å². The molecule has 5 nitrogen and oxygen atoms in total. The number of pyridine rings is 1. The maximum absolute atomic E-state index is 12.9. The maximum atomic E-state index is 12.9. The summed E-state index contributed by atoms with van der Waals surface area (Å²) in [6.07, 6.45) is 3.53. The molecule has 0 aromatic carbocycles. The maximum Gasteiger partial charge on any atom is 0.247 e. The van der Waals surface area contributed by atoms with Gasteiger partial charge < -0.3 is 5.32 Å². The first kappa shape index (κ1) is 15.3. The number of sulfonamides is 1. The van der Waals surface area contributed by atoms with Gasteiger partial charge in [0, 0.05) is 25.3 Å². The van der Waals surface area contributed by atoms with Crippen LogP contribution in [0.15, 0.2) is 23.2 Å². The first-order valence-electron chi connectivity index (χ1n) is 7.17. The highest BCUT2D eigenvalue weighted by Gasteiger charge is 2.39. The number of nitrogens with one attached hydrogen (secondary N) is 1. The van der Waals surface area contributed by atoms with Gasteiger partial charge in [0.05, 0.1) is 0 Å². The molecule has 1 aromatic rings. The number of hydrogen-bond donors (Lipinski definition) is 1. The van der Waals surface area contributed by atoms with Gasteiger partial charge in [-0.3, -0.25) is 0 Å². The zero-order valence-corrected chi connectivity index (χ0v) is 13.2. The lowest BCUT2D eigenvalue weighted by molar-refractivity contribution is 0.360. The Morgan fingerprint density at radius 3 is 2.70 bits per heavy atom. The Balaban J connectivity index is 2.37. The molecule has 112 valence electrons. The molecule has 0 atom stereocenters. The highest BCUT2D eigenvalue weighted by molar-refractivity contribution is 7.89. The summed E-state index contributed by atoms with van der Waals surface area (Å²) in [5.74, 6) is 0.758. The molecule has 6 heteroatoms. The van der Waals surface area contributed by atoms with Gasteiger partial charge in [-0.25, -0.2) is 13.4 Å². The number of hydrogen-bond acceptors (Lipinski definition) is 4. The van der Waals surface area contributed by atoms with E-state index in [-0.39, 0.29) is 10.9 Å². The molecule has 20 heavy (non-hydrogen) atoms. The van der Waals surface area contributed by atoms with E-state index in [0.29, 0.717) is 24.8 Å². The zero-order valence-electron chi connectivity index (χ0n) is 12.3. The van der Waals surface area contributed by atoms with Gasteiger partial charge in [-0.05, 0) is 37.8 Å². The van der Waals surface area contributed by atoms with E-state index >= 15 is 0 Å². The molecule has 0 aliphatic heterocycles. The van der Waals surface area contributed by atoms with E-state index in [1.165, 1.54) is 0 Å². The Kier molecular flexibility index (Phi) is 4.65. The molecule has 0 saturated heterocycles. The summed E-state index contributed by atoms with van der Waals surface area (Å²) >= 11 is 0. The summed E-state index contributed by atoms with van der Waals surface area (Å²) in [5.41, 5.74) is 0. The van der Waals surface area contributed by atoms with E-state index < -0.39 is 10.0 Å². The topological polar surface area (TPSA) is 62.3 Å². The molecule has 1 aliphatic rings. The van der Waals surface area contributed by atoms with Crippen LogP contribution in [-0.4, -0.2) is 36.8 Å². The van der Waals surface area contributed by atoms with E-state index in [9.17, 15) is 8.42 Å². The van der Waals surface area contributed by atoms with E-state index in [4.69, 9.17) is 0 Å². The highest BCUT2D eigenvalue weighted by Crippen LogP contribution is 2.34. The molecule has 0 spiro atoms. The summed E-state index contributed by atoms with van der Waals surface area (Å²) in [6.45, 7) is 7.22. The quantitative estimate of drug-likeness (QED) is 0.839. The largest absolute Gasteiger partial charge is 0.369 e. The summed E-state index contributed by atoms with van der Waals surface area (Å²) in [6, 6.07) is 3.47. The molecule has 1 aromatic heterocycles. The first-order valence-corrected chi connectivity index (χ1v) is 8.61.